The number of nitrogens with one attached hydrogen (secondary N) is 1. The second-order valence-electron chi connectivity index (χ2n) is 6.78. The van der Waals surface area contributed by atoms with Gasteiger partial charge in [0.05, 0.1) is 4.92 Å². The van der Waals surface area contributed by atoms with E-state index in [1.807, 2.05) is 0 Å². The third-order valence-corrected chi connectivity index (χ3v) is 4.32. The first kappa shape index (κ1) is 31.9. The Kier molecular flexibility index (Phi) is 7.54. The Morgan fingerprint density at radius 2 is 1.03 bits per heavy atom. The Bertz CT molecular complexity index is 1050. The molecule has 0 fully saturated rings. The first-order valence-corrected chi connectivity index (χ1v) is 8.33. The minimum absolute atomic E-state index is 0.0901. The third kappa shape index (κ3) is 4.46. The number of anilines is 1. The molecule has 1 aromatic rings. The Labute approximate surface area is 190 Å². The van der Waals surface area contributed by atoms with Crippen molar-refractivity contribution in [2.24, 2.45) is 0 Å². The van der Waals surface area contributed by atoms with Crippen molar-refractivity contribution < 1.29 is 84.4 Å². The van der Waals surface area contributed by atoms with Crippen molar-refractivity contribution in [2.75, 3.05) is 5.32 Å². The highest BCUT2D eigenvalue weighted by Crippen LogP contribution is 2.64. The van der Waals surface area contributed by atoms with Crippen molar-refractivity contribution in [3.05, 3.63) is 34.4 Å². The lowest BCUT2D eigenvalue weighted by molar-refractivity contribution is -0.459. The molecule has 0 spiro atoms. The fourth-order valence-electron chi connectivity index (χ4n) is 2.21. The highest BCUT2D eigenvalue weighted by Gasteiger charge is 2.95. The summed E-state index contributed by atoms with van der Waals surface area (Å²) >= 11 is 0. The fourth-order valence-corrected chi connectivity index (χ4v) is 2.21. The number of hydrogen-bond acceptors (Lipinski definition) is 3. The molecule has 0 aliphatic carbocycles. The van der Waals surface area contributed by atoms with Gasteiger partial charge in [-0.15, -0.1) is 0 Å². The fraction of sp³-hybridized carbons (Fsp3) is 0.533. The molecule has 1 amide bonds. The third-order valence-electron chi connectivity index (χ3n) is 4.32. The second-order valence-corrected chi connectivity index (χ2v) is 6.78. The monoisotopic (exact) mass is 584 g/mol. The molecule has 1 N–H and O–H groups in total. The van der Waals surface area contributed by atoms with Crippen molar-refractivity contribution in [1.82, 2.24) is 0 Å². The molecule has 0 heterocycles. The van der Waals surface area contributed by atoms with E-state index >= 15 is 0 Å². The first-order chi connectivity index (χ1) is 16.1. The second kappa shape index (κ2) is 8.74. The molecule has 1 aromatic carbocycles. The van der Waals surface area contributed by atoms with Gasteiger partial charge >= 0.3 is 53.5 Å². The van der Waals surface area contributed by atoms with Crippen LogP contribution in [0.25, 0.3) is 0 Å². The number of nitrogens with zero attached hydrogens (tertiary/aromatic N) is 1. The summed E-state index contributed by atoms with van der Waals surface area (Å²) in [5.41, 5.74) is -2.39. The highest BCUT2D eigenvalue weighted by atomic mass is 19.4. The predicted molar refractivity (Wildman–Crippen MR) is 82.4 cm³/mol. The zero-order valence-corrected chi connectivity index (χ0v) is 16.4. The van der Waals surface area contributed by atoms with E-state index in [0.717, 1.165) is 0 Å². The lowest BCUT2D eigenvalue weighted by Gasteiger charge is -2.42. The van der Waals surface area contributed by atoms with Gasteiger partial charge < -0.3 is 5.32 Å². The van der Waals surface area contributed by atoms with Crippen LogP contribution in [-0.4, -0.2) is 58.5 Å². The molecule has 212 valence electrons. The highest BCUT2D eigenvalue weighted by molar-refractivity contribution is 5.97. The minimum Gasteiger partial charge on any atom is -0.320 e. The van der Waals surface area contributed by atoms with Crippen LogP contribution in [0.3, 0.4) is 0 Å². The average Bonchev–Trinajstić information content (AvgIpc) is 2.72. The van der Waals surface area contributed by atoms with Gasteiger partial charge in [0.25, 0.3) is 5.69 Å². The van der Waals surface area contributed by atoms with Crippen LogP contribution in [0.15, 0.2) is 24.3 Å². The number of halogens is 17. The normalized spacial score (nSPS) is 14.9. The number of amides is 1. The summed E-state index contributed by atoms with van der Waals surface area (Å²) < 4.78 is 224. The zero-order chi connectivity index (χ0) is 29.8. The summed E-state index contributed by atoms with van der Waals surface area (Å²) in [7, 11) is 0. The maximum atomic E-state index is 13.8. The standard InChI is InChI=1S/C15H5F17N2O3/c16-8(17,7(35)33-5-2-1-3-6(4-5)34(36)37)9(18,19)10(20,21)11(22,23)12(24,25)13(26,27)14(28,29)15(30,31)32/h1-4H,(H,33,35). The van der Waals surface area contributed by atoms with Crippen LogP contribution < -0.4 is 5.32 Å². The summed E-state index contributed by atoms with van der Waals surface area (Å²) in [6, 6.07) is 1.60. The quantitative estimate of drug-likeness (QED) is 0.204. The lowest BCUT2D eigenvalue weighted by atomic mass is 9.89. The molecule has 0 aromatic heterocycles. The van der Waals surface area contributed by atoms with Crippen molar-refractivity contribution in [2.45, 2.75) is 47.6 Å². The number of hydrogen-bond donors (Lipinski definition) is 1. The maximum Gasteiger partial charge on any atom is 0.460 e. The number of benzene rings is 1. The molecule has 0 radical (unpaired) electrons. The largest absolute Gasteiger partial charge is 0.460 e. The van der Waals surface area contributed by atoms with Gasteiger partial charge in [-0.05, 0) is 6.07 Å². The molecule has 0 unspecified atom stereocenters. The Morgan fingerprint density at radius 1 is 0.649 bits per heavy atom. The summed E-state index contributed by atoms with van der Waals surface area (Å²) in [6.45, 7) is 0. The molecule has 37 heavy (non-hydrogen) atoms. The van der Waals surface area contributed by atoms with Crippen LogP contribution in [0.5, 0.6) is 0 Å². The van der Waals surface area contributed by atoms with Crippen LogP contribution in [0.1, 0.15) is 0 Å². The average molecular weight is 584 g/mol. The summed E-state index contributed by atoms with van der Waals surface area (Å²) in [5.74, 6) is -62.6. The molecular formula is C15H5F17N2O3. The number of rotatable bonds is 9. The predicted octanol–water partition coefficient (Wildman–Crippen LogP) is 6.54. The van der Waals surface area contributed by atoms with Crippen LogP contribution in [0, 0.1) is 10.1 Å². The van der Waals surface area contributed by atoms with E-state index in [9.17, 15) is 89.5 Å². The van der Waals surface area contributed by atoms with Gasteiger partial charge in [0.15, 0.2) is 0 Å². The van der Waals surface area contributed by atoms with Gasteiger partial charge in [-0.1, -0.05) is 6.07 Å². The first-order valence-electron chi connectivity index (χ1n) is 8.33. The van der Waals surface area contributed by atoms with E-state index in [1.165, 1.54) is 0 Å². The number of non-ortho nitro benzene ring substituents is 1. The van der Waals surface area contributed by atoms with E-state index in [1.54, 1.807) is 0 Å². The molecule has 1 rings (SSSR count). The van der Waals surface area contributed by atoms with Crippen LogP contribution in [0.2, 0.25) is 0 Å². The van der Waals surface area contributed by atoms with Gasteiger partial charge in [-0.25, -0.2) is 0 Å². The number of nitro groups is 1. The van der Waals surface area contributed by atoms with Crippen molar-refractivity contribution in [3.63, 3.8) is 0 Å². The molecule has 5 nitrogen and oxygen atoms in total. The summed E-state index contributed by atoms with van der Waals surface area (Å²) in [4.78, 5) is 20.6. The summed E-state index contributed by atoms with van der Waals surface area (Å²) in [6.07, 6.45) is -7.88. The van der Waals surface area contributed by atoms with Gasteiger partial charge in [0, 0.05) is 17.8 Å². The SMILES string of the molecule is O=C(Nc1cccc([N+](=O)[O-])c1)C(F)(F)C(F)(F)C(F)(F)C(F)(F)C(F)(F)C(F)(F)C(F)(F)C(F)(F)F. The lowest BCUT2D eigenvalue weighted by Crippen LogP contribution is -2.75. The number of alkyl halides is 17. The van der Waals surface area contributed by atoms with Crippen molar-refractivity contribution >= 4 is 17.3 Å². The molecule has 0 atom stereocenters. The smallest absolute Gasteiger partial charge is 0.320 e. The van der Waals surface area contributed by atoms with Gasteiger partial charge in [-0.2, -0.15) is 74.6 Å². The molecule has 0 saturated heterocycles. The molecule has 0 aliphatic heterocycles. The zero-order valence-electron chi connectivity index (χ0n) is 16.4. The molecule has 22 heteroatoms. The molecule has 0 aliphatic rings. The molecular weight excluding hydrogens is 579 g/mol. The van der Waals surface area contributed by atoms with Crippen molar-refractivity contribution in [3.8, 4) is 0 Å². The van der Waals surface area contributed by atoms with Gasteiger partial charge in [-0.3, -0.25) is 14.9 Å². The number of nitro benzene ring substituents is 1. The van der Waals surface area contributed by atoms with E-state index < -0.39 is 69.8 Å². The molecule has 0 saturated carbocycles. The Balaban J connectivity index is 3.58. The molecule has 0 bridgehead atoms. The van der Waals surface area contributed by atoms with Crippen LogP contribution in [0.4, 0.5) is 86.0 Å². The van der Waals surface area contributed by atoms with E-state index in [0.29, 0.717) is 23.5 Å². The van der Waals surface area contributed by atoms with Gasteiger partial charge in [0.2, 0.25) is 0 Å². The minimum atomic E-state index is -8.82. The topological polar surface area (TPSA) is 72.2 Å². The maximum absolute atomic E-state index is 13.8. The number of carbonyl (C=O) groups is 1. The van der Waals surface area contributed by atoms with Crippen LogP contribution >= 0.6 is 0 Å². The Morgan fingerprint density at radius 3 is 1.41 bits per heavy atom. The van der Waals surface area contributed by atoms with E-state index in [4.69, 9.17) is 0 Å². The number of carbonyl (C=O) groups excluding carboxylic acids is 1. The van der Waals surface area contributed by atoms with Crippen molar-refractivity contribution in [1.29, 1.82) is 0 Å². The van der Waals surface area contributed by atoms with Crippen LogP contribution in [-0.2, 0) is 4.79 Å². The summed E-state index contributed by atoms with van der Waals surface area (Å²) in [5, 5.41) is 11.1. The van der Waals surface area contributed by atoms with Gasteiger partial charge in [0.1, 0.15) is 0 Å². The van der Waals surface area contributed by atoms with E-state index in [-0.39, 0.29) is 6.07 Å². The Hall–Kier alpha value is -3.10. The van der Waals surface area contributed by atoms with E-state index in [2.05, 4.69) is 0 Å².